The van der Waals surface area contributed by atoms with Gasteiger partial charge in [-0.15, -0.1) is 0 Å². The molecule has 2 amide bonds. The second-order valence-corrected chi connectivity index (χ2v) is 9.65. The molecule has 2 aromatic carbocycles. The van der Waals surface area contributed by atoms with Crippen LogP contribution < -0.4 is 5.32 Å². The van der Waals surface area contributed by atoms with E-state index in [2.05, 4.69) is 29.6 Å². The van der Waals surface area contributed by atoms with E-state index in [9.17, 15) is 19.5 Å². The number of carboxylic acids is 1. The Kier molecular flexibility index (Phi) is 7.73. The maximum absolute atomic E-state index is 13.0. The lowest BCUT2D eigenvalue weighted by Crippen LogP contribution is -2.45. The maximum Gasteiger partial charge on any atom is 0.407 e. The first-order valence-corrected chi connectivity index (χ1v) is 12.5. The molecule has 35 heavy (non-hydrogen) atoms. The molecule has 4 rings (SSSR count). The van der Waals surface area contributed by atoms with Crippen LogP contribution in [0.3, 0.4) is 0 Å². The number of alkyl carbamates (subject to hydrolysis) is 1. The molecule has 2 aliphatic carbocycles. The van der Waals surface area contributed by atoms with Crippen LogP contribution in [0.5, 0.6) is 0 Å². The molecule has 1 unspecified atom stereocenters. The van der Waals surface area contributed by atoms with Crippen molar-refractivity contribution in [1.82, 2.24) is 10.2 Å². The first kappa shape index (κ1) is 24.8. The van der Waals surface area contributed by atoms with Crippen molar-refractivity contribution in [2.45, 2.75) is 51.5 Å². The van der Waals surface area contributed by atoms with Gasteiger partial charge in [0.05, 0.1) is 5.92 Å². The molecular formula is C28H34N2O5. The highest BCUT2D eigenvalue weighted by Gasteiger charge is 2.33. The Morgan fingerprint density at radius 3 is 2.29 bits per heavy atom. The fraction of sp³-hybridized carbons (Fsp3) is 0.464. The van der Waals surface area contributed by atoms with E-state index in [1.54, 1.807) is 11.8 Å². The lowest BCUT2D eigenvalue weighted by atomic mass is 9.84. The molecule has 0 radical (unpaired) electrons. The van der Waals surface area contributed by atoms with Gasteiger partial charge in [-0.05, 0) is 48.4 Å². The number of hydrogen-bond donors (Lipinski definition) is 2. The number of carboxylic acid groups (broad SMARTS) is 1. The second-order valence-electron chi connectivity index (χ2n) is 9.65. The average molecular weight is 479 g/mol. The number of carbonyl (C=O) groups excluding carboxylic acids is 2. The van der Waals surface area contributed by atoms with Crippen molar-refractivity contribution < 1.29 is 24.2 Å². The van der Waals surface area contributed by atoms with E-state index in [1.165, 1.54) is 22.3 Å². The lowest BCUT2D eigenvalue weighted by molar-refractivity contribution is -0.144. The second kappa shape index (κ2) is 10.9. The highest BCUT2D eigenvalue weighted by Crippen LogP contribution is 2.44. The Balaban J connectivity index is 1.33. The SMILES string of the molecule is CCN(CC(C)C(=O)O)C(=O)[C@@H]1CCC[C@H](NC(=O)OCC2c3ccccc3-c3ccccc32)C1. The summed E-state index contributed by atoms with van der Waals surface area (Å²) in [5.74, 6) is -1.77. The Morgan fingerprint density at radius 1 is 1.06 bits per heavy atom. The standard InChI is InChI=1S/C28H34N2O5/c1-3-30(16-18(2)27(32)33)26(31)19-9-8-10-20(15-19)29-28(34)35-17-25-23-13-6-4-11-21(23)22-12-5-7-14-24(22)25/h4-7,11-14,18-20,25H,3,8-10,15-17H2,1-2H3,(H,29,34)(H,32,33)/t18?,19-,20+/m1/s1. The molecule has 186 valence electrons. The fourth-order valence-corrected chi connectivity index (χ4v) is 5.39. The monoisotopic (exact) mass is 478 g/mol. The van der Waals surface area contributed by atoms with E-state index in [-0.39, 0.29) is 36.9 Å². The number of hydrogen-bond acceptors (Lipinski definition) is 4. The van der Waals surface area contributed by atoms with Crippen molar-refractivity contribution in [3.63, 3.8) is 0 Å². The van der Waals surface area contributed by atoms with Gasteiger partial charge < -0.3 is 20.1 Å². The van der Waals surface area contributed by atoms with Gasteiger partial charge in [-0.2, -0.15) is 0 Å². The molecule has 3 atom stereocenters. The van der Waals surface area contributed by atoms with Crippen molar-refractivity contribution in [3.05, 3.63) is 59.7 Å². The van der Waals surface area contributed by atoms with Crippen LogP contribution in [0, 0.1) is 11.8 Å². The maximum atomic E-state index is 13.0. The van der Waals surface area contributed by atoms with Crippen LogP contribution in [-0.4, -0.2) is 53.7 Å². The van der Waals surface area contributed by atoms with Gasteiger partial charge in [0, 0.05) is 31.0 Å². The Morgan fingerprint density at radius 2 is 1.69 bits per heavy atom. The highest BCUT2D eigenvalue weighted by molar-refractivity contribution is 5.80. The fourth-order valence-electron chi connectivity index (χ4n) is 5.39. The van der Waals surface area contributed by atoms with E-state index in [4.69, 9.17) is 4.74 Å². The first-order valence-electron chi connectivity index (χ1n) is 12.5. The summed E-state index contributed by atoms with van der Waals surface area (Å²) in [6, 6.07) is 16.3. The zero-order chi connectivity index (χ0) is 24.9. The van der Waals surface area contributed by atoms with E-state index in [0.717, 1.165) is 19.3 Å². The topological polar surface area (TPSA) is 95.9 Å². The summed E-state index contributed by atoms with van der Waals surface area (Å²) in [7, 11) is 0. The van der Waals surface area contributed by atoms with Crippen LogP contribution in [0.15, 0.2) is 48.5 Å². The number of benzene rings is 2. The third-order valence-corrected chi connectivity index (χ3v) is 7.30. The minimum Gasteiger partial charge on any atom is -0.481 e. The van der Waals surface area contributed by atoms with E-state index < -0.39 is 18.0 Å². The molecule has 2 N–H and O–H groups in total. The molecule has 2 aliphatic rings. The van der Waals surface area contributed by atoms with Gasteiger partial charge in [0.25, 0.3) is 0 Å². The van der Waals surface area contributed by atoms with Crippen LogP contribution in [0.25, 0.3) is 11.1 Å². The number of carbonyl (C=O) groups is 3. The number of aliphatic carboxylic acids is 1. The molecule has 7 heteroatoms. The molecule has 1 fully saturated rings. The molecular weight excluding hydrogens is 444 g/mol. The summed E-state index contributed by atoms with van der Waals surface area (Å²) in [5.41, 5.74) is 4.70. The van der Waals surface area contributed by atoms with E-state index in [0.29, 0.717) is 13.0 Å². The summed E-state index contributed by atoms with van der Waals surface area (Å²) in [5, 5.41) is 12.2. The minimum atomic E-state index is -0.908. The zero-order valence-corrected chi connectivity index (χ0v) is 20.4. The highest BCUT2D eigenvalue weighted by atomic mass is 16.5. The molecule has 0 heterocycles. The van der Waals surface area contributed by atoms with Crippen molar-refractivity contribution in [3.8, 4) is 11.1 Å². The zero-order valence-electron chi connectivity index (χ0n) is 20.4. The smallest absolute Gasteiger partial charge is 0.407 e. The number of rotatable bonds is 8. The van der Waals surface area contributed by atoms with Crippen LogP contribution in [0.1, 0.15) is 56.6 Å². The summed E-state index contributed by atoms with van der Waals surface area (Å²) < 4.78 is 5.68. The predicted octanol–water partition coefficient (Wildman–Crippen LogP) is 4.65. The van der Waals surface area contributed by atoms with Crippen LogP contribution >= 0.6 is 0 Å². The Labute approximate surface area is 206 Å². The third kappa shape index (κ3) is 5.50. The quantitative estimate of drug-likeness (QED) is 0.576. The number of nitrogens with one attached hydrogen (secondary N) is 1. The predicted molar refractivity (Wildman–Crippen MR) is 133 cm³/mol. The summed E-state index contributed by atoms with van der Waals surface area (Å²) in [4.78, 5) is 38.6. The van der Waals surface area contributed by atoms with Crippen LogP contribution in [0.4, 0.5) is 4.79 Å². The van der Waals surface area contributed by atoms with Gasteiger partial charge in [-0.1, -0.05) is 61.9 Å². The van der Waals surface area contributed by atoms with Crippen molar-refractivity contribution in [1.29, 1.82) is 0 Å². The van der Waals surface area contributed by atoms with Gasteiger partial charge in [0.1, 0.15) is 6.61 Å². The molecule has 2 aromatic rings. The molecule has 0 saturated heterocycles. The molecule has 0 bridgehead atoms. The molecule has 7 nitrogen and oxygen atoms in total. The van der Waals surface area contributed by atoms with Gasteiger partial charge in [-0.25, -0.2) is 4.79 Å². The van der Waals surface area contributed by atoms with Crippen LogP contribution in [0.2, 0.25) is 0 Å². The average Bonchev–Trinajstić information content (AvgIpc) is 3.19. The molecule has 1 saturated carbocycles. The van der Waals surface area contributed by atoms with Crippen LogP contribution in [-0.2, 0) is 14.3 Å². The van der Waals surface area contributed by atoms with Crippen molar-refractivity contribution in [2.24, 2.45) is 11.8 Å². The molecule has 0 aromatic heterocycles. The Bertz CT molecular complexity index is 1040. The number of nitrogens with zero attached hydrogens (tertiary/aromatic N) is 1. The molecule has 0 aliphatic heterocycles. The normalized spacial score (nSPS) is 19.8. The van der Waals surface area contributed by atoms with Gasteiger partial charge in [0.2, 0.25) is 5.91 Å². The van der Waals surface area contributed by atoms with E-state index >= 15 is 0 Å². The number of amides is 2. The van der Waals surface area contributed by atoms with Crippen molar-refractivity contribution >= 4 is 18.0 Å². The number of fused-ring (bicyclic) bond motifs is 3. The molecule has 0 spiro atoms. The third-order valence-electron chi connectivity index (χ3n) is 7.30. The largest absolute Gasteiger partial charge is 0.481 e. The van der Waals surface area contributed by atoms with Crippen molar-refractivity contribution in [2.75, 3.05) is 19.7 Å². The minimum absolute atomic E-state index is 0.00293. The van der Waals surface area contributed by atoms with Gasteiger partial charge in [0.15, 0.2) is 0 Å². The lowest BCUT2D eigenvalue weighted by Gasteiger charge is -2.33. The van der Waals surface area contributed by atoms with Gasteiger partial charge in [-0.3, -0.25) is 9.59 Å². The Hall–Kier alpha value is -3.35. The summed E-state index contributed by atoms with van der Waals surface area (Å²) >= 11 is 0. The van der Waals surface area contributed by atoms with Gasteiger partial charge >= 0.3 is 12.1 Å². The summed E-state index contributed by atoms with van der Waals surface area (Å²) in [6.07, 6.45) is 2.46. The first-order chi connectivity index (χ1) is 16.9. The summed E-state index contributed by atoms with van der Waals surface area (Å²) in [6.45, 7) is 4.40. The number of ether oxygens (including phenoxy) is 1. The van der Waals surface area contributed by atoms with E-state index in [1.807, 2.05) is 31.2 Å².